The lowest BCUT2D eigenvalue weighted by Gasteiger charge is -2.24. The number of carbonyl (C=O) groups excluding carboxylic acids is 1. The number of benzene rings is 2. The van der Waals surface area contributed by atoms with Crippen LogP contribution in [0.5, 0.6) is 5.75 Å². The van der Waals surface area contributed by atoms with Crippen LogP contribution < -0.4 is 10.1 Å². The SMILES string of the molecule is Cc1ccc(S(=O)(=O)c2csc3c2NC(=O)C[C@@H]3c2cccc(OC(C)C)c2)cc1. The number of amides is 1. The third-order valence-corrected chi connectivity index (χ3v) is 8.05. The van der Waals surface area contributed by atoms with E-state index in [9.17, 15) is 13.2 Å². The van der Waals surface area contributed by atoms with Crippen molar-refractivity contribution in [3.63, 3.8) is 0 Å². The number of rotatable bonds is 5. The zero-order valence-corrected chi connectivity index (χ0v) is 18.6. The van der Waals surface area contributed by atoms with E-state index in [1.165, 1.54) is 11.3 Å². The van der Waals surface area contributed by atoms with E-state index in [4.69, 9.17) is 4.74 Å². The molecular weight excluding hydrogens is 418 g/mol. The lowest BCUT2D eigenvalue weighted by atomic mass is 9.90. The maximum Gasteiger partial charge on any atom is 0.225 e. The Bertz CT molecular complexity index is 1190. The van der Waals surface area contributed by atoms with Crippen LogP contribution in [-0.2, 0) is 14.6 Å². The first-order chi connectivity index (χ1) is 14.3. The molecule has 2 aromatic carbocycles. The largest absolute Gasteiger partial charge is 0.491 e. The van der Waals surface area contributed by atoms with E-state index in [0.29, 0.717) is 5.69 Å². The number of ether oxygens (including phenoxy) is 1. The molecule has 0 saturated carbocycles. The van der Waals surface area contributed by atoms with Gasteiger partial charge in [-0.1, -0.05) is 29.8 Å². The van der Waals surface area contributed by atoms with Crippen molar-refractivity contribution >= 4 is 32.8 Å². The highest BCUT2D eigenvalue weighted by atomic mass is 32.2. The van der Waals surface area contributed by atoms with Gasteiger partial charge in [0.2, 0.25) is 15.7 Å². The van der Waals surface area contributed by atoms with Crippen molar-refractivity contribution in [2.75, 3.05) is 5.32 Å². The van der Waals surface area contributed by atoms with E-state index in [1.807, 2.05) is 45.0 Å². The van der Waals surface area contributed by atoms with Crippen LogP contribution in [0.1, 0.15) is 42.2 Å². The average molecular weight is 442 g/mol. The molecule has 1 aliphatic rings. The first-order valence-electron chi connectivity index (χ1n) is 9.75. The van der Waals surface area contributed by atoms with Gasteiger partial charge in [0.1, 0.15) is 10.6 Å². The molecule has 3 aromatic rings. The average Bonchev–Trinajstić information content (AvgIpc) is 3.12. The molecule has 1 amide bonds. The van der Waals surface area contributed by atoms with E-state index in [-0.39, 0.29) is 34.1 Å². The van der Waals surface area contributed by atoms with Crippen molar-refractivity contribution in [3.05, 3.63) is 69.9 Å². The highest BCUT2D eigenvalue weighted by Crippen LogP contribution is 2.46. The number of anilines is 1. The van der Waals surface area contributed by atoms with Gasteiger partial charge in [-0.3, -0.25) is 4.79 Å². The molecule has 1 atom stereocenters. The summed E-state index contributed by atoms with van der Waals surface area (Å²) in [5.74, 6) is 0.331. The molecule has 0 saturated heterocycles. The molecule has 4 rings (SSSR count). The number of hydrogen-bond donors (Lipinski definition) is 1. The molecule has 0 radical (unpaired) electrons. The molecular formula is C23H23NO4S2. The number of aryl methyl sites for hydroxylation is 1. The number of nitrogens with one attached hydrogen (secondary N) is 1. The summed E-state index contributed by atoms with van der Waals surface area (Å²) in [5.41, 5.74) is 2.32. The number of hydrogen-bond acceptors (Lipinski definition) is 5. The molecule has 1 aromatic heterocycles. The fraction of sp³-hybridized carbons (Fsp3) is 0.261. The van der Waals surface area contributed by atoms with Crippen LogP contribution in [0.4, 0.5) is 5.69 Å². The van der Waals surface area contributed by atoms with Crippen molar-refractivity contribution in [1.82, 2.24) is 0 Å². The van der Waals surface area contributed by atoms with Gasteiger partial charge in [0.15, 0.2) is 0 Å². The molecule has 0 unspecified atom stereocenters. The lowest BCUT2D eigenvalue weighted by molar-refractivity contribution is -0.116. The standard InChI is InChI=1S/C23H23NO4S2/c1-14(2)28-17-6-4-5-16(11-17)19-12-21(25)24-22-20(13-29-23(19)22)30(26,27)18-9-7-15(3)8-10-18/h4-11,13-14,19H,12H2,1-3H3,(H,24,25)/t19-/m1/s1. The second-order valence-electron chi connectivity index (χ2n) is 7.70. The minimum absolute atomic E-state index is 0.0402. The number of thiophene rings is 1. The van der Waals surface area contributed by atoms with Gasteiger partial charge in [0.25, 0.3) is 0 Å². The van der Waals surface area contributed by atoms with Crippen LogP contribution >= 0.6 is 11.3 Å². The Kier molecular flexibility index (Phi) is 5.42. The van der Waals surface area contributed by atoms with Gasteiger partial charge in [-0.2, -0.15) is 0 Å². The number of fused-ring (bicyclic) bond motifs is 1. The van der Waals surface area contributed by atoms with Crippen LogP contribution in [-0.4, -0.2) is 20.4 Å². The van der Waals surface area contributed by atoms with Crippen LogP contribution in [0.2, 0.25) is 0 Å². The summed E-state index contributed by atoms with van der Waals surface area (Å²) in [6.45, 7) is 5.82. The normalized spacial score (nSPS) is 16.3. The topological polar surface area (TPSA) is 72.5 Å². The zero-order valence-electron chi connectivity index (χ0n) is 17.0. The summed E-state index contributed by atoms with van der Waals surface area (Å²) in [6, 6.07) is 14.4. The molecule has 2 heterocycles. The summed E-state index contributed by atoms with van der Waals surface area (Å²) >= 11 is 1.37. The van der Waals surface area contributed by atoms with E-state index >= 15 is 0 Å². The van der Waals surface area contributed by atoms with Gasteiger partial charge in [-0.15, -0.1) is 11.3 Å². The summed E-state index contributed by atoms with van der Waals surface area (Å²) in [4.78, 5) is 13.7. The van der Waals surface area contributed by atoms with Crippen LogP contribution in [0, 0.1) is 6.92 Å². The Labute approximate surface area is 180 Å². The second-order valence-corrected chi connectivity index (χ2v) is 10.5. The predicted molar refractivity (Wildman–Crippen MR) is 118 cm³/mol. The van der Waals surface area contributed by atoms with Crippen LogP contribution in [0.3, 0.4) is 0 Å². The Morgan fingerprint density at radius 1 is 1.13 bits per heavy atom. The maximum atomic E-state index is 13.2. The number of sulfone groups is 1. The summed E-state index contributed by atoms with van der Waals surface area (Å²) in [7, 11) is -3.74. The summed E-state index contributed by atoms with van der Waals surface area (Å²) in [5, 5.41) is 4.44. The second kappa shape index (κ2) is 7.89. The molecule has 1 N–H and O–H groups in total. The minimum atomic E-state index is -3.74. The van der Waals surface area contributed by atoms with E-state index in [0.717, 1.165) is 21.8 Å². The van der Waals surface area contributed by atoms with Crippen molar-refractivity contribution in [2.24, 2.45) is 0 Å². The van der Waals surface area contributed by atoms with Crippen molar-refractivity contribution in [2.45, 2.75) is 49.0 Å². The van der Waals surface area contributed by atoms with Crippen LogP contribution in [0.25, 0.3) is 0 Å². The molecule has 30 heavy (non-hydrogen) atoms. The van der Waals surface area contributed by atoms with Gasteiger partial charge in [-0.25, -0.2) is 8.42 Å². The van der Waals surface area contributed by atoms with E-state index in [2.05, 4.69) is 5.32 Å². The van der Waals surface area contributed by atoms with Gasteiger partial charge in [0, 0.05) is 22.6 Å². The van der Waals surface area contributed by atoms with Gasteiger partial charge >= 0.3 is 0 Å². The van der Waals surface area contributed by atoms with Gasteiger partial charge < -0.3 is 10.1 Å². The first-order valence-corrected chi connectivity index (χ1v) is 12.1. The Morgan fingerprint density at radius 2 is 1.87 bits per heavy atom. The zero-order chi connectivity index (χ0) is 21.5. The molecule has 1 aliphatic heterocycles. The van der Waals surface area contributed by atoms with Crippen molar-refractivity contribution in [3.8, 4) is 5.75 Å². The van der Waals surface area contributed by atoms with Gasteiger partial charge in [-0.05, 0) is 50.6 Å². The Morgan fingerprint density at radius 3 is 2.57 bits per heavy atom. The molecule has 7 heteroatoms. The molecule has 0 fully saturated rings. The molecule has 0 aliphatic carbocycles. The Balaban J connectivity index is 1.77. The fourth-order valence-electron chi connectivity index (χ4n) is 3.59. The third-order valence-electron chi connectivity index (χ3n) is 5.01. The summed E-state index contributed by atoms with van der Waals surface area (Å²) < 4.78 is 32.3. The van der Waals surface area contributed by atoms with E-state index < -0.39 is 9.84 Å². The fourth-order valence-corrected chi connectivity index (χ4v) is 6.50. The summed E-state index contributed by atoms with van der Waals surface area (Å²) in [6.07, 6.45) is 0.307. The highest BCUT2D eigenvalue weighted by molar-refractivity contribution is 7.91. The van der Waals surface area contributed by atoms with Crippen molar-refractivity contribution in [1.29, 1.82) is 0 Å². The van der Waals surface area contributed by atoms with Crippen LogP contribution in [0.15, 0.2) is 63.7 Å². The quantitative estimate of drug-likeness (QED) is 0.594. The highest BCUT2D eigenvalue weighted by Gasteiger charge is 2.34. The monoisotopic (exact) mass is 441 g/mol. The minimum Gasteiger partial charge on any atom is -0.491 e. The van der Waals surface area contributed by atoms with E-state index in [1.54, 1.807) is 29.6 Å². The molecule has 156 valence electrons. The first kappa shape index (κ1) is 20.6. The third kappa shape index (κ3) is 3.87. The molecule has 0 bridgehead atoms. The Hall–Kier alpha value is -2.64. The predicted octanol–water partition coefficient (Wildman–Crippen LogP) is 5.15. The lowest BCUT2D eigenvalue weighted by Crippen LogP contribution is -2.23. The van der Waals surface area contributed by atoms with Gasteiger partial charge in [0.05, 0.1) is 16.7 Å². The maximum absolute atomic E-state index is 13.2. The molecule has 5 nitrogen and oxygen atoms in total. The molecule has 0 spiro atoms. The number of carbonyl (C=O) groups is 1. The van der Waals surface area contributed by atoms with Crippen molar-refractivity contribution < 1.29 is 17.9 Å². The smallest absolute Gasteiger partial charge is 0.225 e.